The van der Waals surface area contributed by atoms with E-state index in [9.17, 15) is 14.7 Å². The van der Waals surface area contributed by atoms with Gasteiger partial charge in [-0.3, -0.25) is 9.59 Å². The van der Waals surface area contributed by atoms with Gasteiger partial charge in [0.15, 0.2) is 0 Å². The highest BCUT2D eigenvalue weighted by atomic mass is 32.1. The van der Waals surface area contributed by atoms with Gasteiger partial charge in [-0.15, -0.1) is 11.3 Å². The van der Waals surface area contributed by atoms with Crippen LogP contribution in [0.3, 0.4) is 0 Å². The Morgan fingerprint density at radius 1 is 1.62 bits per heavy atom. The first-order chi connectivity index (χ1) is 9.89. The largest absolute Gasteiger partial charge is 0.481 e. The Hall–Kier alpha value is -1.47. The van der Waals surface area contributed by atoms with Crippen LogP contribution in [0.25, 0.3) is 0 Å². The molecule has 0 saturated carbocycles. The van der Waals surface area contributed by atoms with Crippen LogP contribution in [0.2, 0.25) is 0 Å². The third-order valence-corrected chi connectivity index (χ3v) is 5.00. The third kappa shape index (κ3) is 3.08. The number of aromatic nitrogens is 1. The van der Waals surface area contributed by atoms with Crippen LogP contribution in [0, 0.1) is 5.41 Å². The first kappa shape index (κ1) is 15.9. The molecular formula is C14H21N3O3S. The molecule has 7 heteroatoms. The molecule has 6 nitrogen and oxygen atoms in total. The summed E-state index contributed by atoms with van der Waals surface area (Å²) in [7, 11) is 0. The standard InChI is InChI=1S/C14H21N3O3S/c1-3-4-14(13(19)20)5-6-17(8-14)12(18)10-7-21-11(16-10)9(2)15/h7,9H,3-6,8,15H2,1-2H3,(H,19,20). The Balaban J connectivity index is 2.12. The summed E-state index contributed by atoms with van der Waals surface area (Å²) in [5.74, 6) is -1.01. The Morgan fingerprint density at radius 2 is 2.33 bits per heavy atom. The van der Waals surface area contributed by atoms with Crippen molar-refractivity contribution in [3.05, 3.63) is 16.1 Å². The number of likely N-dealkylation sites (tertiary alicyclic amines) is 1. The van der Waals surface area contributed by atoms with E-state index in [-0.39, 0.29) is 18.5 Å². The average molecular weight is 311 g/mol. The molecule has 1 aliphatic heterocycles. The van der Waals surface area contributed by atoms with Gasteiger partial charge in [-0.1, -0.05) is 13.3 Å². The van der Waals surface area contributed by atoms with E-state index < -0.39 is 11.4 Å². The van der Waals surface area contributed by atoms with Crippen LogP contribution >= 0.6 is 11.3 Å². The van der Waals surface area contributed by atoms with Crippen molar-refractivity contribution in [1.29, 1.82) is 0 Å². The van der Waals surface area contributed by atoms with Gasteiger partial charge in [0.05, 0.1) is 11.5 Å². The second kappa shape index (κ2) is 6.11. The van der Waals surface area contributed by atoms with E-state index in [2.05, 4.69) is 4.98 Å². The molecule has 1 fully saturated rings. The minimum absolute atomic E-state index is 0.197. The summed E-state index contributed by atoms with van der Waals surface area (Å²) < 4.78 is 0. The zero-order valence-electron chi connectivity index (χ0n) is 12.3. The van der Waals surface area contributed by atoms with Crippen molar-refractivity contribution in [2.75, 3.05) is 13.1 Å². The van der Waals surface area contributed by atoms with Gasteiger partial charge in [0.2, 0.25) is 0 Å². The second-order valence-corrected chi connectivity index (χ2v) is 6.56. The van der Waals surface area contributed by atoms with Crippen molar-refractivity contribution in [3.8, 4) is 0 Å². The number of rotatable bonds is 5. The van der Waals surface area contributed by atoms with E-state index in [1.165, 1.54) is 11.3 Å². The number of thiazole rings is 1. The Kier molecular flexibility index (Phi) is 4.63. The van der Waals surface area contributed by atoms with E-state index in [1.807, 2.05) is 13.8 Å². The van der Waals surface area contributed by atoms with Crippen LogP contribution in [-0.4, -0.2) is 40.0 Å². The molecule has 3 N–H and O–H groups in total. The van der Waals surface area contributed by atoms with Gasteiger partial charge >= 0.3 is 5.97 Å². The van der Waals surface area contributed by atoms with E-state index >= 15 is 0 Å². The zero-order valence-corrected chi connectivity index (χ0v) is 13.2. The molecule has 2 heterocycles. The first-order valence-corrected chi connectivity index (χ1v) is 8.01. The Morgan fingerprint density at radius 3 is 2.86 bits per heavy atom. The van der Waals surface area contributed by atoms with E-state index in [4.69, 9.17) is 5.73 Å². The summed E-state index contributed by atoms with van der Waals surface area (Å²) in [6, 6.07) is -0.201. The lowest BCUT2D eigenvalue weighted by molar-refractivity contribution is -0.148. The average Bonchev–Trinajstić information content (AvgIpc) is 3.06. The number of nitrogens with zero attached hydrogens (tertiary/aromatic N) is 2. The zero-order chi connectivity index (χ0) is 15.6. The van der Waals surface area contributed by atoms with Crippen LogP contribution < -0.4 is 5.73 Å². The normalized spacial score (nSPS) is 23.3. The van der Waals surface area contributed by atoms with Gasteiger partial charge in [-0.2, -0.15) is 0 Å². The fraction of sp³-hybridized carbons (Fsp3) is 0.643. The van der Waals surface area contributed by atoms with Crippen LogP contribution in [0.5, 0.6) is 0 Å². The van der Waals surface area contributed by atoms with Crippen LogP contribution in [0.4, 0.5) is 0 Å². The maximum Gasteiger partial charge on any atom is 0.311 e. The fourth-order valence-corrected chi connectivity index (χ4v) is 3.52. The molecule has 0 bridgehead atoms. The van der Waals surface area contributed by atoms with Crippen LogP contribution in [0.1, 0.15) is 54.6 Å². The highest BCUT2D eigenvalue weighted by molar-refractivity contribution is 7.09. The molecular weight excluding hydrogens is 290 g/mol. The molecule has 1 aromatic heterocycles. The summed E-state index contributed by atoms with van der Waals surface area (Å²) in [5, 5.41) is 11.9. The number of carbonyl (C=O) groups is 2. The molecule has 0 spiro atoms. The highest BCUT2D eigenvalue weighted by Crippen LogP contribution is 2.36. The monoisotopic (exact) mass is 311 g/mol. The summed E-state index contributed by atoms with van der Waals surface area (Å²) in [6.45, 7) is 4.51. The van der Waals surface area contributed by atoms with E-state index in [1.54, 1.807) is 10.3 Å². The summed E-state index contributed by atoms with van der Waals surface area (Å²) in [4.78, 5) is 29.8. The molecule has 2 unspecified atom stereocenters. The number of amides is 1. The molecule has 116 valence electrons. The Bertz CT molecular complexity index is 543. The second-order valence-electron chi connectivity index (χ2n) is 5.67. The third-order valence-electron chi connectivity index (χ3n) is 3.95. The van der Waals surface area contributed by atoms with Crippen molar-refractivity contribution >= 4 is 23.2 Å². The van der Waals surface area contributed by atoms with Crippen LogP contribution in [0.15, 0.2) is 5.38 Å². The smallest absolute Gasteiger partial charge is 0.311 e. The van der Waals surface area contributed by atoms with E-state index in [0.717, 1.165) is 11.4 Å². The number of hydrogen-bond donors (Lipinski definition) is 2. The van der Waals surface area contributed by atoms with Crippen molar-refractivity contribution in [3.63, 3.8) is 0 Å². The quantitative estimate of drug-likeness (QED) is 0.865. The summed E-state index contributed by atoms with van der Waals surface area (Å²) >= 11 is 1.36. The van der Waals surface area contributed by atoms with Crippen molar-refractivity contribution in [2.24, 2.45) is 11.1 Å². The lowest BCUT2D eigenvalue weighted by Crippen LogP contribution is -2.37. The molecule has 1 aromatic rings. The van der Waals surface area contributed by atoms with Gasteiger partial charge in [-0.25, -0.2) is 4.98 Å². The lowest BCUT2D eigenvalue weighted by atomic mass is 9.83. The predicted molar refractivity (Wildman–Crippen MR) is 80.2 cm³/mol. The molecule has 1 amide bonds. The number of carboxylic acid groups (broad SMARTS) is 1. The predicted octanol–water partition coefficient (Wildman–Crippen LogP) is 1.88. The fourth-order valence-electron chi connectivity index (χ4n) is 2.77. The molecule has 2 rings (SSSR count). The number of carbonyl (C=O) groups excluding carboxylic acids is 1. The van der Waals surface area contributed by atoms with Gasteiger partial charge < -0.3 is 15.7 Å². The maximum atomic E-state index is 12.4. The molecule has 0 radical (unpaired) electrons. The van der Waals surface area contributed by atoms with Crippen molar-refractivity contribution < 1.29 is 14.7 Å². The van der Waals surface area contributed by atoms with Gasteiger partial charge in [0, 0.05) is 18.5 Å². The minimum Gasteiger partial charge on any atom is -0.481 e. The van der Waals surface area contributed by atoms with Crippen molar-refractivity contribution in [1.82, 2.24) is 9.88 Å². The lowest BCUT2D eigenvalue weighted by Gasteiger charge is -2.23. The number of nitrogens with two attached hydrogens (primary N) is 1. The van der Waals surface area contributed by atoms with Crippen LogP contribution in [-0.2, 0) is 4.79 Å². The number of aliphatic carboxylic acids is 1. The van der Waals surface area contributed by atoms with Gasteiger partial charge in [-0.05, 0) is 19.8 Å². The Labute approximate surface area is 128 Å². The molecule has 1 saturated heterocycles. The minimum atomic E-state index is -0.811. The molecule has 2 atom stereocenters. The topological polar surface area (TPSA) is 96.5 Å². The number of carboxylic acids is 1. The molecule has 0 aliphatic carbocycles. The SMILES string of the molecule is CCCC1(C(=O)O)CCN(C(=O)c2csc(C(C)N)n2)C1. The van der Waals surface area contributed by atoms with E-state index in [0.29, 0.717) is 25.1 Å². The molecule has 0 aromatic carbocycles. The molecule has 21 heavy (non-hydrogen) atoms. The number of hydrogen-bond acceptors (Lipinski definition) is 5. The highest BCUT2D eigenvalue weighted by Gasteiger charge is 2.45. The maximum absolute atomic E-state index is 12.4. The van der Waals surface area contributed by atoms with Crippen molar-refractivity contribution in [2.45, 2.75) is 39.2 Å². The van der Waals surface area contributed by atoms with Gasteiger partial charge in [0.25, 0.3) is 5.91 Å². The summed E-state index contributed by atoms with van der Waals surface area (Å²) in [5.41, 5.74) is 5.31. The van der Waals surface area contributed by atoms with Gasteiger partial charge in [0.1, 0.15) is 10.7 Å². The summed E-state index contributed by atoms with van der Waals surface area (Å²) in [6.07, 6.45) is 1.89. The molecule has 1 aliphatic rings. The first-order valence-electron chi connectivity index (χ1n) is 7.13.